The van der Waals surface area contributed by atoms with E-state index >= 15 is 0 Å². The molecular formula is C15H15FN4O2. The second kappa shape index (κ2) is 5.59. The van der Waals surface area contributed by atoms with Crippen LogP contribution < -0.4 is 5.32 Å². The number of nitrogens with one attached hydrogen (secondary N) is 1. The molecule has 3 rings (SSSR count). The third-order valence-corrected chi connectivity index (χ3v) is 3.60. The Hall–Kier alpha value is -2.70. The van der Waals surface area contributed by atoms with Crippen molar-refractivity contribution >= 4 is 11.9 Å². The van der Waals surface area contributed by atoms with Gasteiger partial charge in [0, 0.05) is 5.70 Å². The summed E-state index contributed by atoms with van der Waals surface area (Å²) < 4.78 is 20.1. The highest BCUT2D eigenvalue weighted by atomic mass is 19.1. The summed E-state index contributed by atoms with van der Waals surface area (Å²) >= 11 is 0. The molecule has 0 saturated carbocycles. The summed E-state index contributed by atoms with van der Waals surface area (Å²) in [4.78, 5) is 16.4. The molecule has 0 saturated heterocycles. The van der Waals surface area contributed by atoms with Crippen LogP contribution in [0.3, 0.4) is 0 Å². The predicted molar refractivity (Wildman–Crippen MR) is 77.5 cm³/mol. The summed E-state index contributed by atoms with van der Waals surface area (Å²) in [6.07, 6.45) is 1.98. The van der Waals surface area contributed by atoms with Gasteiger partial charge in [0.05, 0.1) is 12.7 Å². The number of fused-ring (bicyclic) bond motifs is 1. The highest BCUT2D eigenvalue weighted by Gasteiger charge is 2.34. The van der Waals surface area contributed by atoms with Gasteiger partial charge in [0.1, 0.15) is 18.2 Å². The zero-order valence-corrected chi connectivity index (χ0v) is 12.2. The normalized spacial score (nSPS) is 17.0. The maximum atomic E-state index is 13.6. The molecule has 0 bridgehead atoms. The molecule has 0 aliphatic carbocycles. The molecule has 2 heterocycles. The van der Waals surface area contributed by atoms with E-state index in [2.05, 4.69) is 15.4 Å². The zero-order chi connectivity index (χ0) is 15.7. The smallest absolute Gasteiger partial charge is 0.338 e. The van der Waals surface area contributed by atoms with Crippen LogP contribution in [-0.4, -0.2) is 27.8 Å². The number of halogens is 1. The largest absolute Gasteiger partial charge is 0.466 e. The van der Waals surface area contributed by atoms with Gasteiger partial charge in [-0.1, -0.05) is 19.1 Å². The lowest BCUT2D eigenvalue weighted by molar-refractivity contribution is -0.136. The molecule has 0 fully saturated rings. The number of ether oxygens (including phenoxy) is 1. The van der Waals surface area contributed by atoms with Crippen molar-refractivity contribution < 1.29 is 13.9 Å². The van der Waals surface area contributed by atoms with Gasteiger partial charge < -0.3 is 10.1 Å². The van der Waals surface area contributed by atoms with Crippen LogP contribution >= 0.6 is 0 Å². The fraction of sp³-hybridized carbons (Fsp3) is 0.267. The highest BCUT2D eigenvalue weighted by Crippen LogP contribution is 2.36. The molecule has 114 valence electrons. The standard InChI is InChI=1S/C15H15FN4O2/c1-3-11-12(14(21)22-2)13(9-5-4-6-10(16)7-9)20-15(19-11)17-8-18-20/h4-8,13H,3H2,1-2H3,(H,17,18,19)/t13-/m1/s1. The summed E-state index contributed by atoms with van der Waals surface area (Å²) in [6, 6.07) is 5.52. The molecule has 1 aromatic heterocycles. The first kappa shape index (κ1) is 14.2. The van der Waals surface area contributed by atoms with Crippen molar-refractivity contribution in [3.63, 3.8) is 0 Å². The number of esters is 1. The second-order valence-electron chi connectivity index (χ2n) is 4.85. The number of methoxy groups -OCH3 is 1. The van der Waals surface area contributed by atoms with Crippen molar-refractivity contribution in [1.82, 2.24) is 14.8 Å². The van der Waals surface area contributed by atoms with E-state index in [1.165, 1.54) is 25.6 Å². The number of carbonyl (C=O) groups is 1. The Kier molecular flexibility index (Phi) is 3.62. The number of hydrogen-bond acceptors (Lipinski definition) is 5. The molecule has 1 aliphatic rings. The van der Waals surface area contributed by atoms with Crippen molar-refractivity contribution in [2.45, 2.75) is 19.4 Å². The molecule has 7 heteroatoms. The van der Waals surface area contributed by atoms with Gasteiger partial charge in [0.15, 0.2) is 0 Å². The summed E-state index contributed by atoms with van der Waals surface area (Å²) in [5.41, 5.74) is 1.72. The van der Waals surface area contributed by atoms with Gasteiger partial charge in [-0.05, 0) is 24.1 Å². The van der Waals surface area contributed by atoms with Crippen LogP contribution in [0.25, 0.3) is 0 Å². The highest BCUT2D eigenvalue weighted by molar-refractivity contribution is 5.92. The summed E-state index contributed by atoms with van der Waals surface area (Å²) in [7, 11) is 1.32. The average Bonchev–Trinajstić information content (AvgIpc) is 3.00. The van der Waals surface area contributed by atoms with Crippen LogP contribution in [0.2, 0.25) is 0 Å². The number of carbonyl (C=O) groups excluding carboxylic acids is 1. The van der Waals surface area contributed by atoms with Crippen LogP contribution in [0.15, 0.2) is 41.9 Å². The molecule has 1 atom stereocenters. The number of allylic oxidation sites excluding steroid dienone is 1. The van der Waals surface area contributed by atoms with E-state index in [9.17, 15) is 9.18 Å². The second-order valence-corrected chi connectivity index (χ2v) is 4.85. The molecule has 6 nitrogen and oxygen atoms in total. The molecule has 0 radical (unpaired) electrons. The number of hydrogen-bond donors (Lipinski definition) is 1. The molecule has 22 heavy (non-hydrogen) atoms. The van der Waals surface area contributed by atoms with E-state index in [1.807, 2.05) is 6.92 Å². The Balaban J connectivity index is 2.22. The molecule has 1 aromatic carbocycles. The Bertz CT molecular complexity index is 754. The Morgan fingerprint density at radius 2 is 2.32 bits per heavy atom. The molecule has 1 aliphatic heterocycles. The lowest BCUT2D eigenvalue weighted by Crippen LogP contribution is -2.30. The first-order valence-electron chi connectivity index (χ1n) is 6.89. The lowest BCUT2D eigenvalue weighted by atomic mass is 9.94. The summed E-state index contributed by atoms with van der Waals surface area (Å²) in [5, 5.41) is 7.24. The minimum absolute atomic E-state index is 0.375. The quantitative estimate of drug-likeness (QED) is 0.881. The van der Waals surface area contributed by atoms with E-state index in [1.54, 1.807) is 16.8 Å². The van der Waals surface area contributed by atoms with Crippen LogP contribution in [0.1, 0.15) is 24.9 Å². The fourth-order valence-corrected chi connectivity index (χ4v) is 2.63. The molecule has 0 amide bonds. The molecule has 0 spiro atoms. The summed E-state index contributed by atoms with van der Waals surface area (Å²) in [5.74, 6) is -0.335. The van der Waals surface area contributed by atoms with Crippen molar-refractivity contribution in [3.05, 3.63) is 53.2 Å². The maximum absolute atomic E-state index is 13.6. The van der Waals surface area contributed by atoms with Gasteiger partial charge in [-0.3, -0.25) is 0 Å². The van der Waals surface area contributed by atoms with E-state index in [4.69, 9.17) is 4.74 Å². The number of anilines is 1. The number of nitrogens with zero attached hydrogens (tertiary/aromatic N) is 3. The Morgan fingerprint density at radius 1 is 1.50 bits per heavy atom. The van der Waals surface area contributed by atoms with E-state index < -0.39 is 12.0 Å². The van der Waals surface area contributed by atoms with E-state index in [0.717, 1.165) is 0 Å². The minimum Gasteiger partial charge on any atom is -0.466 e. The van der Waals surface area contributed by atoms with Gasteiger partial charge >= 0.3 is 5.97 Å². The van der Waals surface area contributed by atoms with Gasteiger partial charge in [-0.25, -0.2) is 13.9 Å². The third-order valence-electron chi connectivity index (χ3n) is 3.60. The topological polar surface area (TPSA) is 69.0 Å². The van der Waals surface area contributed by atoms with Gasteiger partial charge in [-0.15, -0.1) is 0 Å². The lowest BCUT2D eigenvalue weighted by Gasteiger charge is -2.28. The van der Waals surface area contributed by atoms with Crippen LogP contribution in [0, 0.1) is 5.82 Å². The molecule has 2 aromatic rings. The summed E-state index contributed by atoms with van der Waals surface area (Å²) in [6.45, 7) is 1.92. The Labute approximate surface area is 126 Å². The minimum atomic E-state index is -0.572. The average molecular weight is 302 g/mol. The van der Waals surface area contributed by atoms with Crippen molar-refractivity contribution in [2.24, 2.45) is 0 Å². The van der Waals surface area contributed by atoms with Gasteiger partial charge in [0.2, 0.25) is 5.95 Å². The van der Waals surface area contributed by atoms with Crippen molar-refractivity contribution in [1.29, 1.82) is 0 Å². The van der Waals surface area contributed by atoms with Crippen molar-refractivity contribution in [3.8, 4) is 0 Å². The van der Waals surface area contributed by atoms with Crippen LogP contribution in [0.4, 0.5) is 10.3 Å². The first-order chi connectivity index (χ1) is 10.7. The third kappa shape index (κ3) is 2.24. The van der Waals surface area contributed by atoms with Gasteiger partial charge in [-0.2, -0.15) is 10.1 Å². The van der Waals surface area contributed by atoms with E-state index in [-0.39, 0.29) is 5.82 Å². The van der Waals surface area contributed by atoms with Crippen molar-refractivity contribution in [2.75, 3.05) is 12.4 Å². The fourth-order valence-electron chi connectivity index (χ4n) is 2.63. The number of benzene rings is 1. The number of rotatable bonds is 3. The maximum Gasteiger partial charge on any atom is 0.338 e. The monoisotopic (exact) mass is 302 g/mol. The molecule has 0 unspecified atom stereocenters. The number of aromatic nitrogens is 3. The molecule has 1 N–H and O–H groups in total. The molecular weight excluding hydrogens is 287 g/mol. The van der Waals surface area contributed by atoms with Crippen LogP contribution in [-0.2, 0) is 9.53 Å². The Morgan fingerprint density at radius 3 is 3.00 bits per heavy atom. The first-order valence-corrected chi connectivity index (χ1v) is 6.89. The van der Waals surface area contributed by atoms with Crippen LogP contribution in [0.5, 0.6) is 0 Å². The van der Waals surface area contributed by atoms with E-state index in [0.29, 0.717) is 29.2 Å². The van der Waals surface area contributed by atoms with Gasteiger partial charge in [0.25, 0.3) is 0 Å². The predicted octanol–water partition coefficient (Wildman–Crippen LogP) is 2.27. The zero-order valence-electron chi connectivity index (χ0n) is 12.2. The SMILES string of the molecule is CCC1=C(C(=O)OC)[C@@H](c2cccc(F)c2)n2ncnc2N1.